The fourth-order valence-electron chi connectivity index (χ4n) is 3.80. The first kappa shape index (κ1) is 16.4. The predicted octanol–water partition coefficient (Wildman–Crippen LogP) is 1.70. The molecule has 1 amide bonds. The normalized spacial score (nSPS) is 26.5. The molecule has 0 radical (unpaired) electrons. The summed E-state index contributed by atoms with van der Waals surface area (Å²) in [6, 6.07) is 8.23. The summed E-state index contributed by atoms with van der Waals surface area (Å²) < 4.78 is 12.8. The topological polar surface area (TPSA) is 44.4 Å². The van der Waals surface area contributed by atoms with E-state index in [1.54, 1.807) is 12.1 Å². The fourth-order valence-corrected chi connectivity index (χ4v) is 3.80. The second-order valence-corrected chi connectivity index (χ2v) is 6.90. The van der Waals surface area contributed by atoms with Gasteiger partial charge in [0.1, 0.15) is 5.82 Å². The van der Waals surface area contributed by atoms with Gasteiger partial charge in [-0.05, 0) is 56.8 Å². The second kappa shape index (κ2) is 7.41. The number of fused-ring (bicyclic) bond motifs is 2. The third kappa shape index (κ3) is 4.52. The van der Waals surface area contributed by atoms with Gasteiger partial charge in [0, 0.05) is 24.7 Å². The van der Waals surface area contributed by atoms with Crippen LogP contribution in [-0.4, -0.2) is 49.1 Å². The minimum Gasteiger partial charge on any atom is -0.355 e. The molecule has 3 rings (SSSR count). The van der Waals surface area contributed by atoms with Gasteiger partial charge in [-0.15, -0.1) is 0 Å². The van der Waals surface area contributed by atoms with Crippen molar-refractivity contribution in [2.24, 2.45) is 0 Å². The number of hydrogen-bond donors (Lipinski definition) is 2. The summed E-state index contributed by atoms with van der Waals surface area (Å²) in [6.45, 7) is 1.04. The Balaban J connectivity index is 1.38. The molecule has 1 aromatic rings. The lowest BCUT2D eigenvalue weighted by Gasteiger charge is -2.35. The van der Waals surface area contributed by atoms with Crippen LogP contribution in [0.2, 0.25) is 0 Å². The summed E-state index contributed by atoms with van der Waals surface area (Å²) in [6.07, 6.45) is 5.58. The number of piperidine rings is 1. The Labute approximate surface area is 137 Å². The van der Waals surface area contributed by atoms with Crippen LogP contribution >= 0.6 is 0 Å². The molecule has 23 heavy (non-hydrogen) atoms. The third-order valence-electron chi connectivity index (χ3n) is 5.11. The molecule has 2 aliphatic heterocycles. The number of hydrogen-bond acceptors (Lipinski definition) is 3. The van der Waals surface area contributed by atoms with E-state index in [1.165, 1.54) is 25.0 Å². The molecule has 2 heterocycles. The van der Waals surface area contributed by atoms with Gasteiger partial charge < -0.3 is 10.6 Å². The van der Waals surface area contributed by atoms with E-state index >= 15 is 0 Å². The standard InChI is InChI=1S/C18H26FN3O/c1-22(17-10-15-6-7-16(11-17)21-15)12-18(23)20-9-8-13-2-4-14(19)5-3-13/h2-5,15-17,21H,6-12H2,1H3,(H,20,23). The number of carbonyl (C=O) groups excluding carboxylic acids is 1. The van der Waals surface area contributed by atoms with Gasteiger partial charge in [-0.25, -0.2) is 4.39 Å². The van der Waals surface area contributed by atoms with Crippen molar-refractivity contribution in [3.63, 3.8) is 0 Å². The van der Waals surface area contributed by atoms with Gasteiger partial charge in [0.2, 0.25) is 5.91 Å². The first-order valence-corrected chi connectivity index (χ1v) is 8.57. The summed E-state index contributed by atoms with van der Waals surface area (Å²) >= 11 is 0. The first-order valence-electron chi connectivity index (χ1n) is 8.57. The molecule has 0 saturated carbocycles. The molecule has 2 saturated heterocycles. The minimum absolute atomic E-state index is 0.0699. The van der Waals surface area contributed by atoms with Gasteiger partial charge in [-0.1, -0.05) is 12.1 Å². The molecule has 1 aromatic carbocycles. The van der Waals surface area contributed by atoms with E-state index in [9.17, 15) is 9.18 Å². The molecule has 2 fully saturated rings. The zero-order chi connectivity index (χ0) is 16.2. The molecule has 126 valence electrons. The van der Waals surface area contributed by atoms with Gasteiger partial charge in [0.25, 0.3) is 0 Å². The number of amides is 1. The number of nitrogens with one attached hydrogen (secondary N) is 2. The van der Waals surface area contributed by atoms with E-state index in [4.69, 9.17) is 0 Å². The summed E-state index contributed by atoms with van der Waals surface area (Å²) in [5, 5.41) is 6.59. The smallest absolute Gasteiger partial charge is 0.234 e. The lowest BCUT2D eigenvalue weighted by atomic mass is 9.98. The molecule has 2 unspecified atom stereocenters. The quantitative estimate of drug-likeness (QED) is 0.839. The van der Waals surface area contributed by atoms with E-state index in [1.807, 2.05) is 0 Å². The SMILES string of the molecule is CN(CC(=O)NCCc1ccc(F)cc1)C1CC2CCC(C1)N2. The number of halogens is 1. The fraction of sp³-hybridized carbons (Fsp3) is 0.611. The molecular formula is C18H26FN3O. The van der Waals surface area contributed by atoms with Crippen molar-refractivity contribution in [1.29, 1.82) is 0 Å². The van der Waals surface area contributed by atoms with Gasteiger partial charge in [0.05, 0.1) is 6.54 Å². The molecule has 2 aliphatic rings. The van der Waals surface area contributed by atoms with Crippen molar-refractivity contribution in [2.45, 2.75) is 50.2 Å². The van der Waals surface area contributed by atoms with Crippen LogP contribution in [0.25, 0.3) is 0 Å². The summed E-state index contributed by atoms with van der Waals surface area (Å²) in [5.41, 5.74) is 1.04. The first-order chi connectivity index (χ1) is 11.1. The largest absolute Gasteiger partial charge is 0.355 e. The molecule has 0 aliphatic carbocycles. The van der Waals surface area contributed by atoms with E-state index in [0.717, 1.165) is 24.8 Å². The van der Waals surface area contributed by atoms with Crippen LogP contribution in [0.3, 0.4) is 0 Å². The Morgan fingerprint density at radius 2 is 1.91 bits per heavy atom. The monoisotopic (exact) mass is 319 g/mol. The van der Waals surface area contributed by atoms with E-state index in [2.05, 4.69) is 22.6 Å². The number of likely N-dealkylation sites (N-methyl/N-ethyl adjacent to an activating group) is 1. The molecular weight excluding hydrogens is 293 g/mol. The molecule has 0 aromatic heterocycles. The molecule has 4 nitrogen and oxygen atoms in total. The minimum atomic E-state index is -0.227. The Hall–Kier alpha value is -1.46. The molecule has 2 atom stereocenters. The lowest BCUT2D eigenvalue weighted by molar-refractivity contribution is -0.122. The van der Waals surface area contributed by atoms with Crippen LogP contribution in [0, 0.1) is 5.82 Å². The highest BCUT2D eigenvalue weighted by Crippen LogP contribution is 2.29. The second-order valence-electron chi connectivity index (χ2n) is 6.90. The van der Waals surface area contributed by atoms with Crippen molar-refractivity contribution in [3.05, 3.63) is 35.6 Å². The Bertz CT molecular complexity index is 522. The maximum absolute atomic E-state index is 12.8. The predicted molar refractivity (Wildman–Crippen MR) is 88.7 cm³/mol. The summed E-state index contributed by atoms with van der Waals surface area (Å²) in [7, 11) is 2.05. The van der Waals surface area contributed by atoms with Gasteiger partial charge in [-0.3, -0.25) is 9.69 Å². The van der Waals surface area contributed by atoms with E-state index in [0.29, 0.717) is 31.2 Å². The van der Waals surface area contributed by atoms with Crippen LogP contribution in [0.1, 0.15) is 31.2 Å². The molecule has 0 spiro atoms. The van der Waals surface area contributed by atoms with Crippen LogP contribution in [-0.2, 0) is 11.2 Å². The van der Waals surface area contributed by atoms with Crippen molar-refractivity contribution in [1.82, 2.24) is 15.5 Å². The van der Waals surface area contributed by atoms with Crippen LogP contribution in [0.15, 0.2) is 24.3 Å². The van der Waals surface area contributed by atoms with Gasteiger partial charge in [-0.2, -0.15) is 0 Å². The molecule has 2 bridgehead atoms. The van der Waals surface area contributed by atoms with Gasteiger partial charge >= 0.3 is 0 Å². The van der Waals surface area contributed by atoms with Crippen molar-refractivity contribution >= 4 is 5.91 Å². The van der Waals surface area contributed by atoms with Crippen molar-refractivity contribution < 1.29 is 9.18 Å². The van der Waals surface area contributed by atoms with Crippen molar-refractivity contribution in [2.75, 3.05) is 20.1 Å². The van der Waals surface area contributed by atoms with Crippen LogP contribution in [0.4, 0.5) is 4.39 Å². The Morgan fingerprint density at radius 1 is 1.26 bits per heavy atom. The molecule has 2 N–H and O–H groups in total. The zero-order valence-electron chi connectivity index (χ0n) is 13.7. The number of rotatable bonds is 6. The Kier molecular flexibility index (Phi) is 5.28. The zero-order valence-corrected chi connectivity index (χ0v) is 13.7. The highest BCUT2D eigenvalue weighted by Gasteiger charge is 2.35. The number of benzene rings is 1. The number of nitrogens with zero attached hydrogens (tertiary/aromatic N) is 1. The average Bonchev–Trinajstić information content (AvgIpc) is 2.87. The maximum atomic E-state index is 12.8. The Morgan fingerprint density at radius 3 is 2.57 bits per heavy atom. The highest BCUT2D eigenvalue weighted by atomic mass is 19.1. The van der Waals surface area contributed by atoms with E-state index < -0.39 is 0 Å². The number of carbonyl (C=O) groups is 1. The average molecular weight is 319 g/mol. The summed E-state index contributed by atoms with van der Waals surface area (Å²) in [4.78, 5) is 14.3. The third-order valence-corrected chi connectivity index (χ3v) is 5.11. The molecule has 5 heteroatoms. The lowest BCUT2D eigenvalue weighted by Crippen LogP contribution is -2.49. The van der Waals surface area contributed by atoms with E-state index in [-0.39, 0.29) is 11.7 Å². The van der Waals surface area contributed by atoms with Gasteiger partial charge in [0.15, 0.2) is 0 Å². The van der Waals surface area contributed by atoms with Crippen LogP contribution < -0.4 is 10.6 Å². The summed E-state index contributed by atoms with van der Waals surface area (Å²) in [5.74, 6) is -0.157. The van der Waals surface area contributed by atoms with Crippen LogP contribution in [0.5, 0.6) is 0 Å². The van der Waals surface area contributed by atoms with Crippen molar-refractivity contribution in [3.8, 4) is 0 Å². The highest BCUT2D eigenvalue weighted by molar-refractivity contribution is 5.78. The maximum Gasteiger partial charge on any atom is 0.234 e.